The monoisotopic (exact) mass is 557 g/mol. The molecule has 0 bridgehead atoms. The van der Waals surface area contributed by atoms with Crippen LogP contribution in [0.3, 0.4) is 0 Å². The highest BCUT2D eigenvalue weighted by Gasteiger charge is 2.37. The van der Waals surface area contributed by atoms with Crippen molar-refractivity contribution in [1.29, 1.82) is 5.26 Å². The highest BCUT2D eigenvalue weighted by Crippen LogP contribution is 2.41. The van der Waals surface area contributed by atoms with Crippen molar-refractivity contribution in [3.8, 4) is 6.07 Å². The zero-order valence-electron chi connectivity index (χ0n) is 19.7. The van der Waals surface area contributed by atoms with Crippen LogP contribution >= 0.6 is 23.4 Å². The molecule has 1 amide bonds. The highest BCUT2D eigenvalue weighted by atomic mass is 35.5. The van der Waals surface area contributed by atoms with E-state index in [4.69, 9.17) is 16.0 Å². The third-order valence-electron chi connectivity index (χ3n) is 5.68. The number of hydrogen-bond acceptors (Lipinski definition) is 6. The standard InChI is InChI=1S/C27H19ClF3N3O3S/c1-15-23(25(36)34-19-5-2-4-17(12-19)27(29,30)31)24(22-6-3-11-37-22)20(13-32)26(33-15)38-14-21(35)16-7-9-18(28)10-8-16/h2-12,24,33H,14H2,1H3,(H,34,36). The molecular weight excluding hydrogens is 539 g/mol. The van der Waals surface area contributed by atoms with Crippen molar-refractivity contribution in [1.82, 2.24) is 5.32 Å². The van der Waals surface area contributed by atoms with E-state index in [2.05, 4.69) is 16.7 Å². The molecule has 1 aliphatic rings. The molecule has 2 heterocycles. The Morgan fingerprint density at radius 2 is 1.89 bits per heavy atom. The Morgan fingerprint density at radius 3 is 2.53 bits per heavy atom. The van der Waals surface area contributed by atoms with E-state index >= 15 is 0 Å². The van der Waals surface area contributed by atoms with Crippen LogP contribution < -0.4 is 10.6 Å². The van der Waals surface area contributed by atoms with E-state index in [1.54, 1.807) is 43.3 Å². The van der Waals surface area contributed by atoms with Crippen molar-refractivity contribution in [3.05, 3.63) is 111 Å². The molecule has 1 unspecified atom stereocenters. The summed E-state index contributed by atoms with van der Waals surface area (Å²) in [6, 6.07) is 16.0. The molecule has 0 saturated heterocycles. The number of nitrogens with zero attached hydrogens (tertiary/aromatic N) is 1. The summed E-state index contributed by atoms with van der Waals surface area (Å²) in [5.74, 6) is -1.56. The minimum absolute atomic E-state index is 0.000928. The summed E-state index contributed by atoms with van der Waals surface area (Å²) in [4.78, 5) is 26.0. The van der Waals surface area contributed by atoms with Gasteiger partial charge in [0.1, 0.15) is 5.76 Å². The molecule has 1 atom stereocenters. The summed E-state index contributed by atoms with van der Waals surface area (Å²) >= 11 is 6.98. The summed E-state index contributed by atoms with van der Waals surface area (Å²) in [5.41, 5.74) is 0.0756. The fourth-order valence-corrected chi connectivity index (χ4v) is 5.01. The molecule has 0 saturated carbocycles. The average molecular weight is 558 g/mol. The number of carbonyl (C=O) groups is 2. The van der Waals surface area contributed by atoms with Gasteiger partial charge in [-0.25, -0.2) is 0 Å². The smallest absolute Gasteiger partial charge is 0.416 e. The molecule has 194 valence electrons. The molecule has 11 heteroatoms. The Bertz CT molecular complexity index is 1470. The van der Waals surface area contributed by atoms with Crippen LogP contribution in [0.4, 0.5) is 18.9 Å². The molecular formula is C27H19ClF3N3O3S. The van der Waals surface area contributed by atoms with Crippen molar-refractivity contribution in [2.75, 3.05) is 11.1 Å². The fraction of sp³-hybridized carbons (Fsp3) is 0.148. The maximum Gasteiger partial charge on any atom is 0.416 e. The quantitative estimate of drug-likeness (QED) is 0.307. The lowest BCUT2D eigenvalue weighted by Gasteiger charge is -2.28. The fourth-order valence-electron chi connectivity index (χ4n) is 3.90. The van der Waals surface area contributed by atoms with E-state index in [1.165, 1.54) is 18.4 Å². The van der Waals surface area contributed by atoms with Crippen molar-refractivity contribution in [2.45, 2.75) is 19.0 Å². The minimum atomic E-state index is -4.58. The first kappa shape index (κ1) is 27.1. The second-order valence-electron chi connectivity index (χ2n) is 8.22. The Morgan fingerprint density at radius 1 is 1.16 bits per heavy atom. The number of benzene rings is 2. The first-order valence-corrected chi connectivity index (χ1v) is 12.5. The van der Waals surface area contributed by atoms with Crippen LogP contribution in [0, 0.1) is 11.3 Å². The molecule has 1 aliphatic heterocycles. The van der Waals surface area contributed by atoms with Crippen molar-refractivity contribution in [3.63, 3.8) is 0 Å². The van der Waals surface area contributed by atoms with Crippen LogP contribution in [0.1, 0.15) is 34.5 Å². The number of hydrogen-bond donors (Lipinski definition) is 2. The molecule has 0 aliphatic carbocycles. The number of ketones is 1. The summed E-state index contributed by atoms with van der Waals surface area (Å²) in [7, 11) is 0. The van der Waals surface area contributed by atoms with Crippen molar-refractivity contribution >= 4 is 40.7 Å². The van der Waals surface area contributed by atoms with Gasteiger partial charge in [0.2, 0.25) is 0 Å². The molecule has 38 heavy (non-hydrogen) atoms. The van der Waals surface area contributed by atoms with Crippen LogP contribution in [0.15, 0.2) is 93.2 Å². The van der Waals surface area contributed by atoms with Crippen molar-refractivity contribution in [2.24, 2.45) is 0 Å². The number of Topliss-reactive ketones (excluding diaryl/α,β-unsaturated/α-hetero) is 1. The number of rotatable bonds is 7. The number of nitrogens with one attached hydrogen (secondary N) is 2. The number of carbonyl (C=O) groups excluding carboxylic acids is 2. The summed E-state index contributed by atoms with van der Waals surface area (Å²) in [6.45, 7) is 1.60. The predicted molar refractivity (Wildman–Crippen MR) is 138 cm³/mol. The van der Waals surface area contributed by atoms with E-state index in [-0.39, 0.29) is 28.4 Å². The zero-order valence-corrected chi connectivity index (χ0v) is 21.3. The Labute approximate surface area is 225 Å². The average Bonchev–Trinajstić information content (AvgIpc) is 3.41. The number of alkyl halides is 3. The van der Waals surface area contributed by atoms with E-state index in [0.717, 1.165) is 23.9 Å². The lowest BCUT2D eigenvalue weighted by atomic mass is 9.85. The van der Waals surface area contributed by atoms with Gasteiger partial charge >= 0.3 is 6.18 Å². The topological polar surface area (TPSA) is 95.1 Å². The third kappa shape index (κ3) is 5.96. The molecule has 0 fully saturated rings. The summed E-state index contributed by atoms with van der Waals surface area (Å²) < 4.78 is 45.0. The molecule has 2 aromatic carbocycles. The zero-order chi connectivity index (χ0) is 27.4. The van der Waals surface area contributed by atoms with E-state index in [9.17, 15) is 28.0 Å². The number of amides is 1. The summed E-state index contributed by atoms with van der Waals surface area (Å²) in [5, 5.41) is 16.4. The number of anilines is 1. The molecule has 4 rings (SSSR count). The normalized spacial score (nSPS) is 15.6. The van der Waals surface area contributed by atoms with Gasteiger partial charge in [0.25, 0.3) is 5.91 Å². The van der Waals surface area contributed by atoms with Gasteiger partial charge in [0.05, 0.1) is 45.7 Å². The second kappa shape index (κ2) is 11.2. The van der Waals surface area contributed by atoms with E-state index < -0.39 is 23.6 Å². The van der Waals surface area contributed by atoms with Crippen LogP contribution in [0.25, 0.3) is 0 Å². The number of thioether (sulfide) groups is 1. The van der Waals surface area contributed by atoms with Gasteiger partial charge in [-0.15, -0.1) is 0 Å². The van der Waals surface area contributed by atoms with Gasteiger partial charge in [-0.2, -0.15) is 18.4 Å². The predicted octanol–water partition coefficient (Wildman–Crippen LogP) is 6.90. The van der Waals surface area contributed by atoms with Gasteiger partial charge in [0.15, 0.2) is 5.78 Å². The number of nitriles is 1. The van der Waals surface area contributed by atoms with Gasteiger partial charge in [-0.1, -0.05) is 29.4 Å². The lowest BCUT2D eigenvalue weighted by Crippen LogP contribution is -2.30. The lowest BCUT2D eigenvalue weighted by molar-refractivity contribution is -0.137. The minimum Gasteiger partial charge on any atom is -0.468 e. The van der Waals surface area contributed by atoms with Crippen molar-refractivity contribution < 1.29 is 27.2 Å². The maximum absolute atomic E-state index is 13.4. The van der Waals surface area contributed by atoms with Gasteiger partial charge in [-0.05, 0) is 61.5 Å². The Kier molecular flexibility index (Phi) is 7.99. The van der Waals surface area contributed by atoms with Gasteiger partial charge in [0, 0.05) is 22.0 Å². The first-order chi connectivity index (χ1) is 18.1. The Hall–Kier alpha value is -3.94. The molecule has 0 spiro atoms. The molecule has 1 aromatic heterocycles. The first-order valence-electron chi connectivity index (χ1n) is 11.1. The third-order valence-corrected chi connectivity index (χ3v) is 6.95. The van der Waals surface area contributed by atoms with Crippen LogP contribution in [0.2, 0.25) is 5.02 Å². The van der Waals surface area contributed by atoms with E-state index in [1.807, 2.05) is 0 Å². The van der Waals surface area contributed by atoms with Gasteiger partial charge in [-0.3, -0.25) is 9.59 Å². The van der Waals surface area contributed by atoms with Crippen LogP contribution in [-0.2, 0) is 11.0 Å². The maximum atomic E-state index is 13.4. The molecule has 6 nitrogen and oxygen atoms in total. The largest absolute Gasteiger partial charge is 0.468 e. The highest BCUT2D eigenvalue weighted by molar-refractivity contribution is 8.03. The van der Waals surface area contributed by atoms with E-state index in [0.29, 0.717) is 27.1 Å². The van der Waals surface area contributed by atoms with Gasteiger partial charge < -0.3 is 15.1 Å². The second-order valence-corrected chi connectivity index (χ2v) is 9.64. The number of allylic oxidation sites excluding steroid dienone is 2. The van der Waals surface area contributed by atoms with Crippen LogP contribution in [0.5, 0.6) is 0 Å². The molecule has 2 N–H and O–H groups in total. The molecule has 0 radical (unpaired) electrons. The van der Waals surface area contributed by atoms with Crippen LogP contribution in [-0.4, -0.2) is 17.4 Å². The number of furan rings is 1. The number of dihydropyridines is 1. The summed E-state index contributed by atoms with van der Waals surface area (Å²) in [6.07, 6.45) is -3.19. The Balaban J connectivity index is 1.63. The number of halogens is 4. The SMILES string of the molecule is CC1=C(C(=O)Nc2cccc(C(F)(F)F)c2)C(c2ccco2)C(C#N)=C(SCC(=O)c2ccc(Cl)cc2)N1. The molecule has 3 aromatic rings.